The number of carbonyl (C=O) groups excluding carboxylic acids is 1. The molecule has 0 radical (unpaired) electrons. The van der Waals surface area contributed by atoms with E-state index >= 15 is 0 Å². The molecular weight excluding hydrogens is 327 g/mol. The summed E-state index contributed by atoms with van der Waals surface area (Å²) >= 11 is 0. The number of benzene rings is 3. The monoisotopic (exact) mass is 348 g/mol. The van der Waals surface area contributed by atoms with Crippen LogP contribution in [0.5, 0.6) is 0 Å². The first kappa shape index (κ1) is 17.4. The summed E-state index contributed by atoms with van der Waals surface area (Å²) in [4.78, 5) is 12.0. The van der Waals surface area contributed by atoms with Gasteiger partial charge in [0.2, 0.25) is 0 Å². The second kappa shape index (κ2) is 9.15. The highest BCUT2D eigenvalue weighted by Gasteiger charge is 2.13. The lowest BCUT2D eigenvalue weighted by molar-refractivity contribution is 0.0506. The molecule has 0 saturated carbocycles. The third kappa shape index (κ3) is 5.01. The maximum atomic E-state index is 12.0. The fourth-order valence-electron chi connectivity index (χ4n) is 2.67. The molecule has 0 bridgehead atoms. The Morgan fingerprint density at radius 1 is 0.720 bits per heavy atom. The van der Waals surface area contributed by atoms with Crippen LogP contribution in [0.4, 0.5) is 0 Å². The molecule has 0 aliphatic rings. The molecule has 0 aliphatic carbocycles. The summed E-state index contributed by atoms with van der Waals surface area (Å²) in [5.41, 5.74) is 0.607. The molecule has 0 atom stereocenters. The maximum Gasteiger partial charge on any atom is 0.338 e. The number of ether oxygens (including phenoxy) is 1. The fraction of sp³-hybridized carbons (Fsp3) is 0.136. The van der Waals surface area contributed by atoms with E-state index in [1.165, 1.54) is 10.6 Å². The Kier molecular flexibility index (Phi) is 6.36. The molecule has 0 N–H and O–H groups in total. The van der Waals surface area contributed by atoms with Crippen molar-refractivity contribution in [1.82, 2.24) is 0 Å². The number of rotatable bonds is 7. The van der Waals surface area contributed by atoms with E-state index in [1.807, 2.05) is 30.3 Å². The lowest BCUT2D eigenvalue weighted by atomic mass is 10.2. The first-order chi connectivity index (χ1) is 12.3. The molecule has 3 aromatic carbocycles. The van der Waals surface area contributed by atoms with Crippen molar-refractivity contribution in [2.75, 3.05) is 12.8 Å². The minimum atomic E-state index is -0.427. The average molecular weight is 348 g/mol. The molecule has 0 fully saturated rings. The first-order valence-corrected chi connectivity index (χ1v) is 9.97. The van der Waals surface area contributed by atoms with Crippen molar-refractivity contribution in [3.63, 3.8) is 0 Å². The topological polar surface area (TPSA) is 26.3 Å². The Morgan fingerprint density at radius 3 is 1.72 bits per heavy atom. The van der Waals surface area contributed by atoms with Gasteiger partial charge in [-0.1, -0.05) is 78.9 Å². The summed E-state index contributed by atoms with van der Waals surface area (Å²) in [5, 5.41) is 2.72. The molecule has 126 valence electrons. The van der Waals surface area contributed by atoms with Crippen LogP contribution in [0.25, 0.3) is 0 Å². The van der Waals surface area contributed by atoms with Crippen LogP contribution in [0.2, 0.25) is 0 Å². The highest BCUT2D eigenvalue weighted by Crippen LogP contribution is 2.34. The van der Waals surface area contributed by atoms with Crippen molar-refractivity contribution in [1.29, 1.82) is 0 Å². The summed E-state index contributed by atoms with van der Waals surface area (Å²) < 4.78 is 5.42. The van der Waals surface area contributed by atoms with Crippen molar-refractivity contribution in [2.45, 2.75) is 6.42 Å². The molecule has 2 nitrogen and oxygen atoms in total. The van der Waals surface area contributed by atoms with Gasteiger partial charge in [-0.15, -0.1) is 0 Å². The zero-order valence-corrected chi connectivity index (χ0v) is 14.9. The van der Waals surface area contributed by atoms with E-state index < -0.39 is 7.92 Å². The summed E-state index contributed by atoms with van der Waals surface area (Å²) in [6.45, 7) is 0.451. The number of esters is 1. The van der Waals surface area contributed by atoms with Crippen LogP contribution in [0.1, 0.15) is 16.8 Å². The summed E-state index contributed by atoms with van der Waals surface area (Å²) in [6.07, 6.45) is 1.86. The van der Waals surface area contributed by atoms with Crippen molar-refractivity contribution in [2.24, 2.45) is 0 Å². The predicted molar refractivity (Wildman–Crippen MR) is 105 cm³/mol. The van der Waals surface area contributed by atoms with Gasteiger partial charge in [-0.25, -0.2) is 4.79 Å². The normalized spacial score (nSPS) is 10.6. The average Bonchev–Trinajstić information content (AvgIpc) is 2.70. The predicted octanol–water partition coefficient (Wildman–Crippen LogP) is 4.37. The van der Waals surface area contributed by atoms with Crippen molar-refractivity contribution in [3.8, 4) is 0 Å². The summed E-state index contributed by atoms with van der Waals surface area (Å²) in [5.74, 6) is -0.246. The van der Waals surface area contributed by atoms with E-state index in [1.54, 1.807) is 12.1 Å². The molecule has 3 rings (SSSR count). The van der Waals surface area contributed by atoms with E-state index in [0.717, 1.165) is 12.6 Å². The number of hydrogen-bond acceptors (Lipinski definition) is 2. The van der Waals surface area contributed by atoms with Gasteiger partial charge in [-0.2, -0.15) is 0 Å². The lowest BCUT2D eigenvalue weighted by Gasteiger charge is -2.18. The molecule has 0 aliphatic heterocycles. The highest BCUT2D eigenvalue weighted by atomic mass is 31.1. The van der Waals surface area contributed by atoms with Crippen LogP contribution < -0.4 is 10.6 Å². The molecule has 0 heterocycles. The summed E-state index contributed by atoms with van der Waals surface area (Å²) in [6, 6.07) is 30.3. The number of hydrogen-bond donors (Lipinski definition) is 0. The van der Waals surface area contributed by atoms with Gasteiger partial charge in [-0.3, -0.25) is 0 Å². The van der Waals surface area contributed by atoms with Crippen LogP contribution in [0.15, 0.2) is 91.0 Å². The van der Waals surface area contributed by atoms with Gasteiger partial charge in [0.25, 0.3) is 0 Å². The van der Waals surface area contributed by atoms with Gasteiger partial charge in [0.1, 0.15) is 0 Å². The quantitative estimate of drug-likeness (QED) is 0.360. The molecule has 3 heteroatoms. The Balaban J connectivity index is 1.59. The van der Waals surface area contributed by atoms with Crippen molar-refractivity contribution < 1.29 is 9.53 Å². The second-order valence-electron chi connectivity index (χ2n) is 5.68. The third-order valence-electron chi connectivity index (χ3n) is 3.90. The first-order valence-electron chi connectivity index (χ1n) is 8.44. The van der Waals surface area contributed by atoms with E-state index in [4.69, 9.17) is 4.74 Å². The van der Waals surface area contributed by atoms with E-state index in [0.29, 0.717) is 12.2 Å². The van der Waals surface area contributed by atoms with Gasteiger partial charge < -0.3 is 4.74 Å². The Morgan fingerprint density at radius 2 is 1.20 bits per heavy atom. The van der Waals surface area contributed by atoms with Gasteiger partial charge in [-0.05, 0) is 43.2 Å². The highest BCUT2D eigenvalue weighted by molar-refractivity contribution is 7.73. The van der Waals surface area contributed by atoms with E-state index in [-0.39, 0.29) is 5.97 Å². The summed E-state index contributed by atoms with van der Waals surface area (Å²) in [7, 11) is -0.427. The fourth-order valence-corrected chi connectivity index (χ4v) is 4.99. The minimum absolute atomic E-state index is 0.246. The molecule has 3 aromatic rings. The standard InChI is InChI=1S/C22H21O2P/c23-22(19-11-4-1-5-12-19)24-17-10-18-25(20-13-6-2-7-14-20)21-15-8-3-9-16-21/h1-9,11-16H,10,17-18H2. The third-order valence-corrected chi connectivity index (χ3v) is 6.51. The molecule has 0 amide bonds. The lowest BCUT2D eigenvalue weighted by Crippen LogP contribution is -2.15. The Labute approximate surface area is 150 Å². The Hall–Kier alpha value is -2.44. The molecular formula is C22H21O2P. The van der Waals surface area contributed by atoms with Crippen LogP contribution in [0, 0.1) is 0 Å². The van der Waals surface area contributed by atoms with Gasteiger partial charge in [0.15, 0.2) is 0 Å². The van der Waals surface area contributed by atoms with Crippen LogP contribution in [-0.2, 0) is 4.74 Å². The maximum absolute atomic E-state index is 12.0. The SMILES string of the molecule is O=C(OCCCP(c1ccccc1)c1ccccc1)c1ccccc1. The van der Waals surface area contributed by atoms with Crippen LogP contribution >= 0.6 is 7.92 Å². The smallest absolute Gasteiger partial charge is 0.338 e. The zero-order valence-electron chi connectivity index (χ0n) is 14.0. The van der Waals surface area contributed by atoms with Crippen molar-refractivity contribution >= 4 is 24.5 Å². The van der Waals surface area contributed by atoms with Gasteiger partial charge in [0, 0.05) is 0 Å². The van der Waals surface area contributed by atoms with Crippen LogP contribution in [-0.4, -0.2) is 18.7 Å². The molecule has 0 unspecified atom stereocenters. The second-order valence-corrected chi connectivity index (χ2v) is 8.01. The molecule has 0 saturated heterocycles. The number of carbonyl (C=O) groups is 1. The van der Waals surface area contributed by atoms with Crippen LogP contribution in [0.3, 0.4) is 0 Å². The largest absolute Gasteiger partial charge is 0.462 e. The Bertz CT molecular complexity index is 733. The zero-order chi connectivity index (χ0) is 17.3. The van der Waals surface area contributed by atoms with Crippen molar-refractivity contribution in [3.05, 3.63) is 96.6 Å². The molecule has 0 spiro atoms. The van der Waals surface area contributed by atoms with E-state index in [9.17, 15) is 4.79 Å². The molecule has 25 heavy (non-hydrogen) atoms. The minimum Gasteiger partial charge on any atom is -0.462 e. The van der Waals surface area contributed by atoms with Gasteiger partial charge >= 0.3 is 5.97 Å². The molecule has 0 aromatic heterocycles. The van der Waals surface area contributed by atoms with E-state index in [2.05, 4.69) is 48.5 Å². The van der Waals surface area contributed by atoms with Gasteiger partial charge in [0.05, 0.1) is 12.2 Å².